The summed E-state index contributed by atoms with van der Waals surface area (Å²) in [5.41, 5.74) is 5.71. The first kappa shape index (κ1) is 22.6. The van der Waals surface area contributed by atoms with E-state index in [1.165, 1.54) is 0 Å². The summed E-state index contributed by atoms with van der Waals surface area (Å²) >= 11 is 0. The molecule has 2 aliphatic heterocycles. The highest BCUT2D eigenvalue weighted by Gasteiger charge is 2.29. The van der Waals surface area contributed by atoms with Crippen molar-refractivity contribution in [2.45, 2.75) is 19.9 Å². The van der Waals surface area contributed by atoms with E-state index in [1.54, 1.807) is 18.6 Å². The molecule has 0 bridgehead atoms. The molecule has 6 heterocycles. The van der Waals surface area contributed by atoms with Crippen LogP contribution in [0.5, 0.6) is 5.88 Å². The number of aliphatic imine (C=N–C) groups is 1. The summed E-state index contributed by atoms with van der Waals surface area (Å²) < 4.78 is 5.33. The molecule has 4 aromatic heterocycles. The van der Waals surface area contributed by atoms with Gasteiger partial charge in [0.05, 0.1) is 59.8 Å². The highest BCUT2D eigenvalue weighted by Crippen LogP contribution is 2.32. The Balaban J connectivity index is 1.23. The maximum atomic E-state index is 10.7. The van der Waals surface area contributed by atoms with Crippen molar-refractivity contribution in [2.24, 2.45) is 4.99 Å². The number of fused-ring (bicyclic) bond motifs is 1. The van der Waals surface area contributed by atoms with Gasteiger partial charge < -0.3 is 19.7 Å². The Morgan fingerprint density at radius 2 is 1.92 bits per heavy atom. The van der Waals surface area contributed by atoms with E-state index in [9.17, 15) is 5.11 Å². The van der Waals surface area contributed by atoms with Crippen LogP contribution in [0.3, 0.4) is 0 Å². The minimum atomic E-state index is 0.0763. The van der Waals surface area contributed by atoms with Crippen molar-refractivity contribution in [1.82, 2.24) is 24.8 Å². The number of piperazine rings is 1. The van der Waals surface area contributed by atoms with Crippen molar-refractivity contribution in [2.75, 3.05) is 44.3 Å². The third-order valence-electron chi connectivity index (χ3n) is 7.14. The van der Waals surface area contributed by atoms with Gasteiger partial charge in [0.2, 0.25) is 0 Å². The van der Waals surface area contributed by atoms with Crippen LogP contribution < -0.4 is 4.90 Å². The molecular weight excluding hydrogens is 454 g/mol. The number of hydrogen-bond acceptors (Lipinski definition) is 8. The van der Waals surface area contributed by atoms with E-state index in [1.807, 2.05) is 44.3 Å². The van der Waals surface area contributed by atoms with Crippen molar-refractivity contribution in [1.29, 1.82) is 0 Å². The molecule has 4 aromatic rings. The second kappa shape index (κ2) is 9.33. The van der Waals surface area contributed by atoms with Crippen molar-refractivity contribution >= 4 is 28.1 Å². The molecule has 0 aromatic carbocycles. The number of anilines is 1. The molecular formula is C27H29N7O2. The fraction of sp³-hybridized carbons (Fsp3) is 0.333. The Bertz CT molecular complexity index is 1420. The molecule has 2 N–H and O–H groups in total. The van der Waals surface area contributed by atoms with Crippen LogP contribution in [0.15, 0.2) is 54.0 Å². The predicted octanol–water partition coefficient (Wildman–Crippen LogP) is 3.70. The fourth-order valence-corrected chi connectivity index (χ4v) is 4.96. The van der Waals surface area contributed by atoms with Gasteiger partial charge in [0, 0.05) is 49.5 Å². The van der Waals surface area contributed by atoms with Gasteiger partial charge in [0.15, 0.2) is 5.88 Å². The fourth-order valence-electron chi connectivity index (χ4n) is 4.96. The normalized spacial score (nSPS) is 17.5. The molecule has 9 nitrogen and oxygen atoms in total. The Kier molecular flexibility index (Phi) is 5.86. The second-order valence-corrected chi connectivity index (χ2v) is 9.44. The zero-order valence-electron chi connectivity index (χ0n) is 20.5. The van der Waals surface area contributed by atoms with Crippen LogP contribution in [0.1, 0.15) is 18.1 Å². The molecule has 2 aliphatic rings. The maximum absolute atomic E-state index is 10.7. The number of rotatable bonds is 5. The van der Waals surface area contributed by atoms with Crippen LogP contribution in [0.4, 0.5) is 11.5 Å². The summed E-state index contributed by atoms with van der Waals surface area (Å²) in [6, 6.07) is 8.53. The van der Waals surface area contributed by atoms with Crippen molar-refractivity contribution in [3.8, 4) is 17.1 Å². The summed E-state index contributed by atoms with van der Waals surface area (Å²) in [6.07, 6.45) is 7.11. The number of aromatic amines is 1. The number of aryl methyl sites for hydroxylation is 1. The summed E-state index contributed by atoms with van der Waals surface area (Å²) in [5.74, 6) is 1.04. The zero-order chi connectivity index (χ0) is 24.6. The number of aromatic nitrogens is 4. The number of nitrogens with one attached hydrogen (secondary N) is 1. The van der Waals surface area contributed by atoms with Gasteiger partial charge in [0.25, 0.3) is 0 Å². The highest BCUT2D eigenvalue weighted by atomic mass is 16.5. The van der Waals surface area contributed by atoms with Gasteiger partial charge >= 0.3 is 0 Å². The third-order valence-corrected chi connectivity index (χ3v) is 7.14. The molecule has 36 heavy (non-hydrogen) atoms. The first-order valence-electron chi connectivity index (χ1n) is 12.3. The summed E-state index contributed by atoms with van der Waals surface area (Å²) in [7, 11) is 0. The van der Waals surface area contributed by atoms with Crippen LogP contribution in [-0.4, -0.2) is 81.1 Å². The minimum Gasteiger partial charge on any atom is -0.494 e. The molecule has 0 saturated carbocycles. The first-order chi connectivity index (χ1) is 17.6. The van der Waals surface area contributed by atoms with E-state index in [0.717, 1.165) is 78.6 Å². The number of hydrogen-bond donors (Lipinski definition) is 2. The summed E-state index contributed by atoms with van der Waals surface area (Å²) in [6.45, 7) is 9.63. The molecule has 9 heteroatoms. The molecule has 2 saturated heterocycles. The lowest BCUT2D eigenvalue weighted by Crippen LogP contribution is -2.56. The Morgan fingerprint density at radius 1 is 1.08 bits per heavy atom. The lowest BCUT2D eigenvalue weighted by atomic mass is 10.0. The largest absolute Gasteiger partial charge is 0.494 e. The zero-order valence-corrected chi connectivity index (χ0v) is 20.5. The number of aromatic hydroxyl groups is 1. The number of ether oxygens (including phenoxy) is 1. The number of H-pyrrole nitrogens is 1. The molecule has 184 valence electrons. The van der Waals surface area contributed by atoms with E-state index in [-0.39, 0.29) is 5.88 Å². The van der Waals surface area contributed by atoms with Crippen molar-refractivity contribution < 1.29 is 9.84 Å². The quantitative estimate of drug-likeness (QED) is 0.417. The van der Waals surface area contributed by atoms with Gasteiger partial charge in [-0.2, -0.15) is 0 Å². The number of nitrogens with zero attached hydrogens (tertiary/aromatic N) is 6. The highest BCUT2D eigenvalue weighted by molar-refractivity contribution is 6.13. The van der Waals surface area contributed by atoms with E-state index >= 15 is 0 Å². The van der Waals surface area contributed by atoms with Crippen LogP contribution in [0.2, 0.25) is 0 Å². The smallest absolute Gasteiger partial charge is 0.198 e. The van der Waals surface area contributed by atoms with E-state index in [0.29, 0.717) is 17.3 Å². The standard InChI is InChI=1S/C27H29N7O2/c1-17-5-6-28-13-22(17)23-11-21-24(14-29-23)32-27(35)26(21)18(2)31-19-3-4-25(30-12-19)34-9-7-33(8-10-34)20-15-36-16-20/h3-6,11-14,20,32,35H,7-10,15-16H2,1-2H3. The topological polar surface area (TPSA) is 103 Å². The summed E-state index contributed by atoms with van der Waals surface area (Å²) in [5, 5.41) is 11.5. The van der Waals surface area contributed by atoms with Crippen LogP contribution in [0.25, 0.3) is 22.2 Å². The second-order valence-electron chi connectivity index (χ2n) is 9.44. The van der Waals surface area contributed by atoms with Crippen molar-refractivity contribution in [3.05, 3.63) is 60.2 Å². The lowest BCUT2D eigenvalue weighted by molar-refractivity contribution is -0.0661. The average molecular weight is 484 g/mol. The minimum absolute atomic E-state index is 0.0763. The van der Waals surface area contributed by atoms with Gasteiger partial charge in [-0.1, -0.05) is 0 Å². The third kappa shape index (κ3) is 4.20. The van der Waals surface area contributed by atoms with Crippen LogP contribution >= 0.6 is 0 Å². The summed E-state index contributed by atoms with van der Waals surface area (Å²) in [4.78, 5) is 26.1. The van der Waals surface area contributed by atoms with Crippen LogP contribution in [-0.2, 0) is 4.74 Å². The molecule has 0 spiro atoms. The van der Waals surface area contributed by atoms with Gasteiger partial charge in [0.1, 0.15) is 5.82 Å². The monoisotopic (exact) mass is 483 g/mol. The number of pyridine rings is 3. The van der Waals surface area contributed by atoms with E-state index < -0.39 is 0 Å². The van der Waals surface area contributed by atoms with Gasteiger partial charge in [-0.3, -0.25) is 19.9 Å². The molecule has 0 amide bonds. The molecule has 6 rings (SSSR count). The molecule has 0 unspecified atom stereocenters. The molecule has 2 fully saturated rings. The maximum Gasteiger partial charge on any atom is 0.198 e. The molecule has 0 atom stereocenters. The molecule has 0 radical (unpaired) electrons. The van der Waals surface area contributed by atoms with E-state index in [2.05, 4.69) is 29.7 Å². The van der Waals surface area contributed by atoms with Crippen LogP contribution in [0, 0.1) is 6.92 Å². The molecule has 0 aliphatic carbocycles. The Hall–Kier alpha value is -3.82. The Labute approximate surface area is 209 Å². The Morgan fingerprint density at radius 3 is 2.61 bits per heavy atom. The van der Waals surface area contributed by atoms with Gasteiger partial charge in [-0.25, -0.2) is 4.98 Å². The van der Waals surface area contributed by atoms with Crippen molar-refractivity contribution in [3.63, 3.8) is 0 Å². The average Bonchev–Trinajstić information content (AvgIpc) is 3.19. The van der Waals surface area contributed by atoms with E-state index in [4.69, 9.17) is 9.73 Å². The first-order valence-corrected chi connectivity index (χ1v) is 12.3. The SMILES string of the molecule is CC(=Nc1ccc(N2CCN(C3COC3)CC2)nc1)c1c(O)[nH]c2cnc(-c3cnccc3C)cc12. The predicted molar refractivity (Wildman–Crippen MR) is 140 cm³/mol. The van der Waals surface area contributed by atoms with Gasteiger partial charge in [-0.05, 0) is 43.7 Å². The van der Waals surface area contributed by atoms with Gasteiger partial charge in [-0.15, -0.1) is 0 Å². The lowest BCUT2D eigenvalue weighted by Gasteiger charge is -2.42.